The second kappa shape index (κ2) is 3.98. The number of hydrogen-bond acceptors (Lipinski definition) is 4. The van der Waals surface area contributed by atoms with Crippen LogP contribution in [0.2, 0.25) is 18.1 Å². The lowest BCUT2D eigenvalue weighted by atomic mass is 10.5. The summed E-state index contributed by atoms with van der Waals surface area (Å²) in [5.41, 5.74) is 0. The Balaban J connectivity index is 2.26. The van der Waals surface area contributed by atoms with Crippen LogP contribution in [-0.2, 0) is 0 Å². The van der Waals surface area contributed by atoms with Crippen molar-refractivity contribution in [3.8, 4) is 0 Å². The molecule has 1 fully saturated rings. The van der Waals surface area contributed by atoms with Gasteiger partial charge < -0.3 is 4.57 Å². The van der Waals surface area contributed by atoms with Crippen molar-refractivity contribution in [1.82, 2.24) is 9.36 Å². The van der Waals surface area contributed by atoms with Crippen LogP contribution in [-0.4, -0.2) is 24.1 Å². The monoisotopic (exact) mass is 227 g/mol. The van der Waals surface area contributed by atoms with Crippen LogP contribution in [0, 0.1) is 0 Å². The van der Waals surface area contributed by atoms with Crippen molar-refractivity contribution in [1.29, 1.82) is 0 Å². The highest BCUT2D eigenvalue weighted by Crippen LogP contribution is 2.36. The Morgan fingerprint density at radius 2 is 2.29 bits per heavy atom. The highest BCUT2D eigenvalue weighted by atomic mass is 32.1. The molecule has 0 radical (unpaired) electrons. The lowest BCUT2D eigenvalue weighted by Crippen LogP contribution is -2.47. The zero-order chi connectivity index (χ0) is 10.0. The van der Waals surface area contributed by atoms with E-state index < -0.39 is 8.24 Å². The minimum Gasteiger partial charge on any atom is -0.373 e. The molecule has 3 nitrogen and oxygen atoms in total. The van der Waals surface area contributed by atoms with Gasteiger partial charge in [0, 0.05) is 18.1 Å². The number of nitrogens with zero attached hydrogens (tertiary/aromatic N) is 3. The van der Waals surface area contributed by atoms with Gasteiger partial charge >= 0.3 is 0 Å². The number of anilines is 1. The van der Waals surface area contributed by atoms with Crippen molar-refractivity contribution in [3.63, 3.8) is 0 Å². The van der Waals surface area contributed by atoms with Crippen LogP contribution < -0.4 is 4.57 Å². The first-order chi connectivity index (χ1) is 6.82. The van der Waals surface area contributed by atoms with Crippen LogP contribution in [0.4, 0.5) is 5.13 Å². The molecule has 0 saturated carbocycles. The predicted molar refractivity (Wildman–Crippen MR) is 63.4 cm³/mol. The Labute approximate surface area is 90.4 Å². The van der Waals surface area contributed by atoms with Gasteiger partial charge in [-0.05, 0) is 24.6 Å². The maximum atomic E-state index is 4.36. The fourth-order valence-electron chi connectivity index (χ4n) is 2.51. The van der Waals surface area contributed by atoms with Crippen molar-refractivity contribution in [2.75, 3.05) is 11.1 Å². The van der Waals surface area contributed by atoms with Gasteiger partial charge in [-0.25, -0.2) is 4.98 Å². The summed E-state index contributed by atoms with van der Waals surface area (Å²) in [7, 11) is -1.17. The largest absolute Gasteiger partial charge is 0.373 e. The molecule has 5 heteroatoms. The van der Waals surface area contributed by atoms with Gasteiger partial charge in [0.15, 0.2) is 13.4 Å². The fourth-order valence-corrected chi connectivity index (χ4v) is 7.84. The van der Waals surface area contributed by atoms with Gasteiger partial charge in [0.25, 0.3) is 0 Å². The molecule has 0 spiro atoms. The number of hydrogen-bond donors (Lipinski definition) is 0. The lowest BCUT2D eigenvalue weighted by Gasteiger charge is -2.34. The molecule has 2 rings (SSSR count). The molecule has 2 heterocycles. The average Bonchev–Trinajstić information content (AvgIpc) is 2.86. The SMILES string of the molecule is CC[Si]1(CC)CCCN1c1ncns1. The molecule has 0 atom stereocenters. The second-order valence-corrected chi connectivity index (χ2v) is 9.57. The van der Waals surface area contributed by atoms with Gasteiger partial charge in [0.2, 0.25) is 0 Å². The van der Waals surface area contributed by atoms with Crippen LogP contribution in [0.1, 0.15) is 20.3 Å². The summed E-state index contributed by atoms with van der Waals surface area (Å²) in [4.78, 5) is 4.36. The Morgan fingerprint density at radius 3 is 2.86 bits per heavy atom. The van der Waals surface area contributed by atoms with E-state index in [1.165, 1.54) is 31.1 Å². The highest BCUT2D eigenvalue weighted by Gasteiger charge is 2.41. The molecule has 1 aliphatic rings. The van der Waals surface area contributed by atoms with Crippen LogP contribution in [0.3, 0.4) is 0 Å². The van der Waals surface area contributed by atoms with Crippen LogP contribution in [0.15, 0.2) is 6.33 Å². The maximum absolute atomic E-state index is 4.36. The normalized spacial score (nSPS) is 20.3. The molecule has 0 aliphatic carbocycles. The number of rotatable bonds is 3. The predicted octanol–water partition coefficient (Wildman–Crippen LogP) is 2.73. The molecule has 0 unspecified atom stereocenters. The minimum absolute atomic E-state index is 1.16. The maximum Gasteiger partial charge on any atom is 0.196 e. The summed E-state index contributed by atoms with van der Waals surface area (Å²) in [6.07, 6.45) is 3.04. The molecular weight excluding hydrogens is 210 g/mol. The zero-order valence-electron chi connectivity index (χ0n) is 8.86. The molecule has 1 saturated heterocycles. The van der Waals surface area contributed by atoms with Crippen molar-refractivity contribution < 1.29 is 0 Å². The van der Waals surface area contributed by atoms with Gasteiger partial charge in [-0.15, -0.1) is 0 Å². The third kappa shape index (κ3) is 1.48. The van der Waals surface area contributed by atoms with Crippen molar-refractivity contribution in [2.45, 2.75) is 38.4 Å². The molecular formula is C9H17N3SSi. The Hall–Kier alpha value is -0.423. The van der Waals surface area contributed by atoms with Gasteiger partial charge in [-0.1, -0.05) is 13.8 Å². The van der Waals surface area contributed by atoms with E-state index in [0.717, 1.165) is 5.13 Å². The fraction of sp³-hybridized carbons (Fsp3) is 0.778. The molecule has 0 N–H and O–H groups in total. The Kier molecular flexibility index (Phi) is 2.87. The zero-order valence-corrected chi connectivity index (χ0v) is 10.7. The first-order valence-electron chi connectivity index (χ1n) is 5.37. The summed E-state index contributed by atoms with van der Waals surface area (Å²) in [5, 5.41) is 1.16. The third-order valence-corrected chi connectivity index (χ3v) is 9.84. The standard InChI is InChI=1S/C9H17N3SSi/c1-3-14(4-2)7-5-6-12(14)9-10-8-11-13-9/h8H,3-7H2,1-2H3. The molecule has 14 heavy (non-hydrogen) atoms. The molecule has 1 aliphatic heterocycles. The van der Waals surface area contributed by atoms with Crippen molar-refractivity contribution >= 4 is 24.9 Å². The molecule has 0 bridgehead atoms. The summed E-state index contributed by atoms with van der Waals surface area (Å²) in [5.74, 6) is 0. The second-order valence-electron chi connectivity index (χ2n) is 3.91. The summed E-state index contributed by atoms with van der Waals surface area (Å²) in [6.45, 7) is 5.90. The lowest BCUT2D eigenvalue weighted by molar-refractivity contribution is 0.975. The van der Waals surface area contributed by atoms with Gasteiger partial charge in [0.05, 0.1) is 0 Å². The average molecular weight is 227 g/mol. The summed E-state index contributed by atoms with van der Waals surface area (Å²) >= 11 is 1.55. The van der Waals surface area contributed by atoms with E-state index >= 15 is 0 Å². The molecule has 0 amide bonds. The van der Waals surface area contributed by atoms with E-state index in [1.54, 1.807) is 17.9 Å². The Bertz CT molecular complexity index is 284. The van der Waals surface area contributed by atoms with Gasteiger partial charge in [-0.2, -0.15) is 4.37 Å². The molecule has 1 aromatic rings. The minimum atomic E-state index is -1.17. The smallest absolute Gasteiger partial charge is 0.196 e. The van der Waals surface area contributed by atoms with Crippen LogP contribution in [0.25, 0.3) is 0 Å². The van der Waals surface area contributed by atoms with Crippen molar-refractivity contribution in [3.05, 3.63) is 6.33 Å². The van der Waals surface area contributed by atoms with Crippen molar-refractivity contribution in [2.24, 2.45) is 0 Å². The van der Waals surface area contributed by atoms with E-state index in [0.29, 0.717) is 0 Å². The van der Waals surface area contributed by atoms with Gasteiger partial charge in [-0.3, -0.25) is 0 Å². The highest BCUT2D eigenvalue weighted by molar-refractivity contribution is 7.11. The quantitative estimate of drug-likeness (QED) is 0.744. The summed E-state index contributed by atoms with van der Waals surface area (Å²) < 4.78 is 6.71. The third-order valence-electron chi connectivity index (χ3n) is 3.49. The first kappa shape index (κ1) is 10.1. The topological polar surface area (TPSA) is 29.0 Å². The molecule has 78 valence electrons. The Morgan fingerprint density at radius 1 is 1.50 bits per heavy atom. The van der Waals surface area contributed by atoms with Gasteiger partial charge in [0.1, 0.15) is 6.33 Å². The van der Waals surface area contributed by atoms with E-state index in [-0.39, 0.29) is 0 Å². The molecule has 1 aromatic heterocycles. The van der Waals surface area contributed by atoms with E-state index in [4.69, 9.17) is 0 Å². The van der Waals surface area contributed by atoms with Crippen LogP contribution >= 0.6 is 11.5 Å². The summed E-state index contributed by atoms with van der Waals surface area (Å²) in [6, 6.07) is 4.14. The number of aromatic nitrogens is 2. The van der Waals surface area contributed by atoms with E-state index in [1.807, 2.05) is 0 Å². The van der Waals surface area contributed by atoms with E-state index in [2.05, 4.69) is 27.8 Å². The van der Waals surface area contributed by atoms with Crippen LogP contribution in [0.5, 0.6) is 0 Å². The molecule has 0 aromatic carbocycles. The first-order valence-corrected chi connectivity index (χ1v) is 8.71. The van der Waals surface area contributed by atoms with E-state index in [9.17, 15) is 0 Å².